The number of benzene rings is 3. The van der Waals surface area contributed by atoms with Gasteiger partial charge in [0.05, 0.1) is 12.8 Å². The van der Waals surface area contributed by atoms with Gasteiger partial charge in [-0.2, -0.15) is 0 Å². The molecule has 0 N–H and O–H groups in total. The Labute approximate surface area is 197 Å². The van der Waals surface area contributed by atoms with E-state index >= 15 is 0 Å². The lowest BCUT2D eigenvalue weighted by Crippen LogP contribution is -2.17. The molecular weight excluding hydrogens is 408 g/mol. The summed E-state index contributed by atoms with van der Waals surface area (Å²) in [5, 5.41) is 0. The van der Waals surface area contributed by atoms with Crippen LogP contribution >= 0.6 is 0 Å². The maximum Gasteiger partial charge on any atom is 0.161 e. The van der Waals surface area contributed by atoms with E-state index in [1.54, 1.807) is 7.11 Å². The second-order valence-electron chi connectivity index (χ2n) is 7.91. The summed E-state index contributed by atoms with van der Waals surface area (Å²) in [6.07, 6.45) is 1.82. The van der Waals surface area contributed by atoms with Crippen molar-refractivity contribution in [1.82, 2.24) is 9.88 Å². The summed E-state index contributed by atoms with van der Waals surface area (Å²) in [5.74, 6) is 1.51. The number of nitrogens with zero attached hydrogens (tertiary/aromatic N) is 2. The highest BCUT2D eigenvalue weighted by Crippen LogP contribution is 2.29. The average molecular weight is 441 g/mol. The third-order valence-electron chi connectivity index (χ3n) is 5.02. The second kappa shape index (κ2) is 13.0. The predicted molar refractivity (Wildman–Crippen MR) is 134 cm³/mol. The molecule has 1 aromatic heterocycles. The normalized spacial score (nSPS) is 10.3. The zero-order chi connectivity index (χ0) is 23.3. The molecule has 0 aliphatic rings. The quantitative estimate of drug-likeness (QED) is 0.322. The van der Waals surface area contributed by atoms with Crippen LogP contribution in [0.25, 0.3) is 0 Å². The Hall–Kier alpha value is -3.63. The zero-order valence-electron chi connectivity index (χ0n) is 19.6. The van der Waals surface area contributed by atoms with Crippen molar-refractivity contribution in [3.63, 3.8) is 0 Å². The summed E-state index contributed by atoms with van der Waals surface area (Å²) in [6, 6.07) is 32.5. The summed E-state index contributed by atoms with van der Waals surface area (Å²) in [5.41, 5.74) is 4.69. The van der Waals surface area contributed by atoms with Gasteiger partial charge < -0.3 is 9.47 Å². The maximum atomic E-state index is 5.92. The smallest absolute Gasteiger partial charge is 0.161 e. The van der Waals surface area contributed by atoms with Crippen molar-refractivity contribution in [2.24, 2.45) is 0 Å². The molecule has 0 atom stereocenters. The highest BCUT2D eigenvalue weighted by atomic mass is 16.5. The molecule has 4 heteroatoms. The third kappa shape index (κ3) is 8.43. The summed E-state index contributed by atoms with van der Waals surface area (Å²) in [6.45, 7) is 4.22. The number of ether oxygens (including phenoxy) is 2. The van der Waals surface area contributed by atoms with E-state index in [2.05, 4.69) is 42.1 Å². The average Bonchev–Trinajstić information content (AvgIpc) is 2.85. The van der Waals surface area contributed by atoms with Gasteiger partial charge >= 0.3 is 0 Å². The van der Waals surface area contributed by atoms with Gasteiger partial charge in [0.1, 0.15) is 6.61 Å². The molecule has 0 radical (unpaired) electrons. The van der Waals surface area contributed by atoms with E-state index in [0.29, 0.717) is 6.61 Å². The molecular formula is C29H32N2O2. The molecule has 33 heavy (non-hydrogen) atoms. The van der Waals surface area contributed by atoms with Gasteiger partial charge in [-0.3, -0.25) is 9.88 Å². The summed E-state index contributed by atoms with van der Waals surface area (Å²) >= 11 is 0. The van der Waals surface area contributed by atoms with Gasteiger partial charge in [0.15, 0.2) is 11.5 Å². The predicted octanol–water partition coefficient (Wildman–Crippen LogP) is 6.30. The molecule has 0 saturated carbocycles. The van der Waals surface area contributed by atoms with E-state index in [1.165, 1.54) is 11.1 Å². The number of pyridine rings is 1. The lowest BCUT2D eigenvalue weighted by Gasteiger charge is -2.18. The van der Waals surface area contributed by atoms with Crippen LogP contribution in [0, 0.1) is 6.92 Å². The van der Waals surface area contributed by atoms with Crippen LogP contribution in [0.5, 0.6) is 11.5 Å². The van der Waals surface area contributed by atoms with Crippen LogP contribution in [0.1, 0.15) is 22.4 Å². The molecule has 0 aliphatic heterocycles. The van der Waals surface area contributed by atoms with E-state index in [0.717, 1.165) is 35.8 Å². The Kier molecular flexibility index (Phi) is 9.49. The van der Waals surface area contributed by atoms with Gasteiger partial charge in [0.2, 0.25) is 0 Å². The van der Waals surface area contributed by atoms with Gasteiger partial charge in [-0.1, -0.05) is 78.4 Å². The Bertz CT molecular complexity index is 1070. The topological polar surface area (TPSA) is 34.6 Å². The van der Waals surface area contributed by atoms with E-state index in [9.17, 15) is 0 Å². The van der Waals surface area contributed by atoms with Crippen molar-refractivity contribution in [3.05, 3.63) is 126 Å². The van der Waals surface area contributed by atoms with E-state index in [1.807, 2.05) is 85.1 Å². The van der Waals surface area contributed by atoms with Crippen LogP contribution < -0.4 is 9.47 Å². The minimum atomic E-state index is 0.524. The Morgan fingerprint density at radius 2 is 1.42 bits per heavy atom. The molecule has 4 aromatic rings. The van der Waals surface area contributed by atoms with Crippen molar-refractivity contribution >= 4 is 0 Å². The van der Waals surface area contributed by atoms with Crippen molar-refractivity contribution in [2.45, 2.75) is 26.6 Å². The first-order chi connectivity index (χ1) is 16.1. The number of hydrogen-bond acceptors (Lipinski definition) is 4. The van der Waals surface area contributed by atoms with Crippen molar-refractivity contribution in [1.29, 1.82) is 0 Å². The van der Waals surface area contributed by atoms with Crippen molar-refractivity contribution in [2.75, 3.05) is 14.2 Å². The minimum Gasteiger partial charge on any atom is -0.493 e. The Balaban J connectivity index is 0.000000374. The van der Waals surface area contributed by atoms with Crippen LogP contribution in [-0.2, 0) is 19.7 Å². The Morgan fingerprint density at radius 1 is 0.727 bits per heavy atom. The van der Waals surface area contributed by atoms with Gasteiger partial charge in [-0.25, -0.2) is 0 Å². The lowest BCUT2D eigenvalue weighted by molar-refractivity contribution is 0.282. The van der Waals surface area contributed by atoms with Crippen LogP contribution in [0.15, 0.2) is 103 Å². The first-order valence-electron chi connectivity index (χ1n) is 11.1. The van der Waals surface area contributed by atoms with Gasteiger partial charge in [0, 0.05) is 19.3 Å². The van der Waals surface area contributed by atoms with Crippen LogP contribution in [0.4, 0.5) is 0 Å². The molecule has 170 valence electrons. The zero-order valence-corrected chi connectivity index (χ0v) is 19.6. The lowest BCUT2D eigenvalue weighted by atomic mass is 10.2. The SMILES string of the molecule is COc1cc(CN(C)Cc2ccccn2)ccc1OCc1ccccc1.Cc1ccccc1. The molecule has 3 aromatic carbocycles. The van der Waals surface area contributed by atoms with Crippen LogP contribution in [0.3, 0.4) is 0 Å². The highest BCUT2D eigenvalue weighted by Gasteiger charge is 2.09. The second-order valence-corrected chi connectivity index (χ2v) is 7.91. The molecule has 1 heterocycles. The number of aryl methyl sites for hydroxylation is 1. The molecule has 0 amide bonds. The fourth-order valence-corrected chi connectivity index (χ4v) is 3.34. The molecule has 4 rings (SSSR count). The van der Waals surface area contributed by atoms with Crippen molar-refractivity contribution < 1.29 is 9.47 Å². The summed E-state index contributed by atoms with van der Waals surface area (Å²) < 4.78 is 11.4. The molecule has 0 aliphatic carbocycles. The number of aromatic nitrogens is 1. The van der Waals surface area contributed by atoms with Crippen LogP contribution in [0.2, 0.25) is 0 Å². The summed E-state index contributed by atoms with van der Waals surface area (Å²) in [7, 11) is 3.76. The molecule has 0 spiro atoms. The number of methoxy groups -OCH3 is 1. The number of hydrogen-bond donors (Lipinski definition) is 0. The molecule has 0 unspecified atom stereocenters. The Morgan fingerprint density at radius 3 is 2.03 bits per heavy atom. The summed E-state index contributed by atoms with van der Waals surface area (Å²) in [4.78, 5) is 6.60. The van der Waals surface area contributed by atoms with E-state index < -0.39 is 0 Å². The van der Waals surface area contributed by atoms with Gasteiger partial charge in [-0.15, -0.1) is 0 Å². The molecule has 0 fully saturated rings. The first-order valence-corrected chi connectivity index (χ1v) is 11.1. The standard InChI is InChI=1S/C22H24N2O2.C7H8/c1-24(16-20-10-6-7-13-23-20)15-19-11-12-21(22(14-19)25-2)26-17-18-8-4-3-5-9-18;1-7-5-3-2-4-6-7/h3-14H,15-17H2,1-2H3;2-6H,1H3. The minimum absolute atomic E-state index is 0.524. The monoisotopic (exact) mass is 440 g/mol. The molecule has 0 bridgehead atoms. The fraction of sp³-hybridized carbons (Fsp3) is 0.207. The highest BCUT2D eigenvalue weighted by molar-refractivity contribution is 5.43. The van der Waals surface area contributed by atoms with Crippen molar-refractivity contribution in [3.8, 4) is 11.5 Å². The molecule has 0 saturated heterocycles. The van der Waals surface area contributed by atoms with Gasteiger partial charge in [-0.05, 0) is 49.4 Å². The van der Waals surface area contributed by atoms with E-state index in [4.69, 9.17) is 9.47 Å². The largest absolute Gasteiger partial charge is 0.493 e. The maximum absolute atomic E-state index is 5.92. The fourth-order valence-electron chi connectivity index (χ4n) is 3.34. The van der Waals surface area contributed by atoms with E-state index in [-0.39, 0.29) is 0 Å². The number of rotatable bonds is 8. The van der Waals surface area contributed by atoms with Crippen LogP contribution in [-0.4, -0.2) is 24.0 Å². The third-order valence-corrected chi connectivity index (χ3v) is 5.02. The van der Waals surface area contributed by atoms with Gasteiger partial charge in [0.25, 0.3) is 0 Å². The first kappa shape index (κ1) is 24.0. The molecule has 4 nitrogen and oxygen atoms in total.